The van der Waals surface area contributed by atoms with E-state index < -0.39 is 5.97 Å². The number of hydrogen-bond acceptors (Lipinski definition) is 2. The van der Waals surface area contributed by atoms with Crippen molar-refractivity contribution in [1.82, 2.24) is 0 Å². The average Bonchev–Trinajstić information content (AvgIpc) is 2.63. The Balaban J connectivity index is 1.88. The van der Waals surface area contributed by atoms with E-state index in [2.05, 4.69) is 49.9 Å². The summed E-state index contributed by atoms with van der Waals surface area (Å²) < 4.78 is 0. The Bertz CT molecular complexity index is 496. The molecule has 1 atom stereocenters. The minimum Gasteiger partial charge on any atom is -0.481 e. The van der Waals surface area contributed by atoms with Crippen LogP contribution in [-0.4, -0.2) is 23.7 Å². The molecule has 0 aliphatic carbocycles. The van der Waals surface area contributed by atoms with Crippen molar-refractivity contribution in [2.75, 3.05) is 11.4 Å². The molecule has 1 aromatic carbocycles. The second-order valence-electron chi connectivity index (χ2n) is 6.67. The Morgan fingerprint density at radius 2 is 1.86 bits per heavy atom. The molecule has 1 heterocycles. The number of anilines is 1. The molecule has 116 valence electrons. The molecule has 0 bridgehead atoms. The molecule has 0 saturated heterocycles. The van der Waals surface area contributed by atoms with Crippen LogP contribution < -0.4 is 4.90 Å². The van der Waals surface area contributed by atoms with E-state index >= 15 is 0 Å². The van der Waals surface area contributed by atoms with Crippen LogP contribution in [0.15, 0.2) is 24.3 Å². The number of carbonyl (C=O) groups is 1. The molecule has 21 heavy (non-hydrogen) atoms. The zero-order valence-corrected chi connectivity index (χ0v) is 13.4. The van der Waals surface area contributed by atoms with Crippen molar-refractivity contribution < 1.29 is 9.90 Å². The fourth-order valence-corrected chi connectivity index (χ4v) is 3.32. The van der Waals surface area contributed by atoms with Crippen molar-refractivity contribution in [3.63, 3.8) is 0 Å². The third kappa shape index (κ3) is 3.39. The number of para-hydroxylation sites is 1. The highest BCUT2D eigenvalue weighted by Crippen LogP contribution is 2.44. The van der Waals surface area contributed by atoms with Crippen molar-refractivity contribution in [2.45, 2.75) is 64.3 Å². The van der Waals surface area contributed by atoms with Crippen LogP contribution in [0, 0.1) is 0 Å². The number of hydrogen-bond donors (Lipinski definition) is 1. The third-order valence-electron chi connectivity index (χ3n) is 4.96. The molecule has 0 spiro atoms. The van der Waals surface area contributed by atoms with Gasteiger partial charge in [-0.25, -0.2) is 0 Å². The highest BCUT2D eigenvalue weighted by Gasteiger charge is 2.40. The summed E-state index contributed by atoms with van der Waals surface area (Å²) in [4.78, 5) is 13.0. The number of nitrogens with zero attached hydrogens (tertiary/aromatic N) is 1. The lowest BCUT2D eigenvalue weighted by Crippen LogP contribution is -2.39. The van der Waals surface area contributed by atoms with Gasteiger partial charge in [-0.15, -0.1) is 0 Å². The Morgan fingerprint density at radius 1 is 1.19 bits per heavy atom. The maximum absolute atomic E-state index is 10.5. The molecule has 2 rings (SSSR count). The fourth-order valence-electron chi connectivity index (χ4n) is 3.32. The first-order valence-corrected chi connectivity index (χ1v) is 8.02. The molecule has 1 aromatic rings. The van der Waals surface area contributed by atoms with E-state index in [0.29, 0.717) is 12.5 Å². The zero-order valence-electron chi connectivity index (χ0n) is 13.4. The summed E-state index contributed by atoms with van der Waals surface area (Å²) in [6.07, 6.45) is 4.36. The van der Waals surface area contributed by atoms with E-state index in [9.17, 15) is 4.79 Å². The van der Waals surface area contributed by atoms with Gasteiger partial charge in [0.25, 0.3) is 0 Å². The SMILES string of the molecule is CC1N(CCCCCCC(=O)O)c2ccccc2C1(C)C. The van der Waals surface area contributed by atoms with Crippen molar-refractivity contribution in [3.05, 3.63) is 29.8 Å². The van der Waals surface area contributed by atoms with Crippen LogP contribution in [0.2, 0.25) is 0 Å². The van der Waals surface area contributed by atoms with Crippen LogP contribution in [0.5, 0.6) is 0 Å². The number of carboxylic acids is 1. The van der Waals surface area contributed by atoms with E-state index in [0.717, 1.165) is 32.2 Å². The highest BCUT2D eigenvalue weighted by molar-refractivity contribution is 5.66. The first kappa shape index (κ1) is 15.9. The van der Waals surface area contributed by atoms with E-state index in [1.165, 1.54) is 11.3 Å². The normalized spacial score (nSPS) is 19.6. The van der Waals surface area contributed by atoms with Crippen LogP contribution in [0.4, 0.5) is 5.69 Å². The van der Waals surface area contributed by atoms with Crippen molar-refractivity contribution in [1.29, 1.82) is 0 Å². The Kier molecular flexibility index (Phi) is 4.92. The van der Waals surface area contributed by atoms with Crippen LogP contribution in [-0.2, 0) is 10.2 Å². The first-order valence-electron chi connectivity index (χ1n) is 8.02. The second kappa shape index (κ2) is 6.50. The summed E-state index contributed by atoms with van der Waals surface area (Å²) in [7, 11) is 0. The largest absolute Gasteiger partial charge is 0.481 e. The lowest BCUT2D eigenvalue weighted by Gasteiger charge is -2.31. The van der Waals surface area contributed by atoms with Gasteiger partial charge in [0.2, 0.25) is 0 Å². The first-order chi connectivity index (χ1) is 9.94. The van der Waals surface area contributed by atoms with Gasteiger partial charge in [0.15, 0.2) is 0 Å². The van der Waals surface area contributed by atoms with Crippen molar-refractivity contribution in [2.24, 2.45) is 0 Å². The van der Waals surface area contributed by atoms with Crippen molar-refractivity contribution >= 4 is 11.7 Å². The smallest absolute Gasteiger partial charge is 0.303 e. The molecule has 0 radical (unpaired) electrons. The lowest BCUT2D eigenvalue weighted by atomic mass is 9.81. The molecule has 0 aromatic heterocycles. The van der Waals surface area contributed by atoms with Gasteiger partial charge < -0.3 is 10.0 Å². The number of carboxylic acid groups (broad SMARTS) is 1. The van der Waals surface area contributed by atoms with E-state index in [4.69, 9.17) is 5.11 Å². The molecule has 0 fully saturated rings. The summed E-state index contributed by atoms with van der Waals surface area (Å²) in [5.74, 6) is -0.682. The summed E-state index contributed by atoms with van der Waals surface area (Å²) in [6.45, 7) is 8.02. The maximum Gasteiger partial charge on any atom is 0.303 e. The summed E-state index contributed by atoms with van der Waals surface area (Å²) in [5.41, 5.74) is 3.02. The van der Waals surface area contributed by atoms with Crippen LogP contribution in [0.25, 0.3) is 0 Å². The molecule has 1 unspecified atom stereocenters. The van der Waals surface area contributed by atoms with Gasteiger partial charge in [-0.3, -0.25) is 4.79 Å². The molecule has 0 saturated carbocycles. The van der Waals surface area contributed by atoms with E-state index in [-0.39, 0.29) is 5.41 Å². The van der Waals surface area contributed by atoms with Gasteiger partial charge in [0, 0.05) is 30.1 Å². The molecule has 1 N–H and O–H groups in total. The third-order valence-corrected chi connectivity index (χ3v) is 4.96. The minimum atomic E-state index is -0.682. The van der Waals surface area contributed by atoms with Gasteiger partial charge >= 0.3 is 5.97 Å². The molecular weight excluding hydrogens is 262 g/mol. The number of fused-ring (bicyclic) bond motifs is 1. The highest BCUT2D eigenvalue weighted by atomic mass is 16.4. The zero-order chi connectivity index (χ0) is 15.5. The average molecular weight is 289 g/mol. The minimum absolute atomic E-state index is 0.194. The molecular formula is C18H27NO2. The fraction of sp³-hybridized carbons (Fsp3) is 0.611. The second-order valence-corrected chi connectivity index (χ2v) is 6.67. The van der Waals surface area contributed by atoms with Crippen molar-refractivity contribution in [3.8, 4) is 0 Å². The lowest BCUT2D eigenvalue weighted by molar-refractivity contribution is -0.137. The summed E-state index contributed by atoms with van der Waals surface area (Å²) >= 11 is 0. The summed E-state index contributed by atoms with van der Waals surface area (Å²) in [5, 5.41) is 8.64. The summed E-state index contributed by atoms with van der Waals surface area (Å²) in [6, 6.07) is 9.23. The number of benzene rings is 1. The number of unbranched alkanes of at least 4 members (excludes halogenated alkanes) is 3. The molecule has 1 aliphatic heterocycles. The van der Waals surface area contributed by atoms with Gasteiger partial charge in [-0.05, 0) is 31.4 Å². The molecule has 3 heteroatoms. The predicted molar refractivity (Wildman–Crippen MR) is 87.0 cm³/mol. The predicted octanol–water partition coefficient (Wildman–Crippen LogP) is 4.21. The molecule has 1 aliphatic rings. The van der Waals surface area contributed by atoms with E-state index in [1.54, 1.807) is 0 Å². The monoisotopic (exact) mass is 289 g/mol. The standard InChI is InChI=1S/C18H27NO2/c1-14-18(2,3)15-10-7-8-11-16(15)19(14)13-9-5-4-6-12-17(20)21/h7-8,10-11,14H,4-6,9,12-13H2,1-3H3,(H,20,21). The molecule has 0 amide bonds. The Hall–Kier alpha value is -1.51. The van der Waals surface area contributed by atoms with Gasteiger partial charge in [0.05, 0.1) is 0 Å². The van der Waals surface area contributed by atoms with Crippen LogP contribution in [0.1, 0.15) is 58.4 Å². The Morgan fingerprint density at radius 3 is 2.57 bits per heavy atom. The topological polar surface area (TPSA) is 40.5 Å². The van der Waals surface area contributed by atoms with Crippen LogP contribution in [0.3, 0.4) is 0 Å². The van der Waals surface area contributed by atoms with Crippen LogP contribution >= 0.6 is 0 Å². The molecule has 3 nitrogen and oxygen atoms in total. The van der Waals surface area contributed by atoms with Gasteiger partial charge in [0.1, 0.15) is 0 Å². The maximum atomic E-state index is 10.5. The van der Waals surface area contributed by atoms with E-state index in [1.807, 2.05) is 0 Å². The van der Waals surface area contributed by atoms with Gasteiger partial charge in [-0.2, -0.15) is 0 Å². The quantitative estimate of drug-likeness (QED) is 0.764. The van der Waals surface area contributed by atoms with Gasteiger partial charge in [-0.1, -0.05) is 44.9 Å². The number of rotatable bonds is 7. The Labute approximate surface area is 128 Å². The number of aliphatic carboxylic acids is 1.